The number of ketones is 1. The van der Waals surface area contributed by atoms with Gasteiger partial charge >= 0.3 is 23.9 Å². The molecule has 0 unspecified atom stereocenters. The molecule has 9 nitrogen and oxygen atoms in total. The molecule has 1 N–H and O–H groups in total. The van der Waals surface area contributed by atoms with Crippen molar-refractivity contribution >= 4 is 29.7 Å². The Bertz CT molecular complexity index is 1250. The first-order chi connectivity index (χ1) is 19.2. The standard InChI is InChI=1S/C31H36O9/c1-3-5-7-8-9-11-12-18-14-23-30(17-24(33)34)16-20-25(28(36)38-27(20)35)26-19(18)15-22(21(32)13-10-6-4-2)39-31(23,26)40-29(30)37/h3-6,14,18-19,22,26H,7-13,15-17H2,1-2H3,(H,33,34)/b5-3+,6-4+/t18-,19+,22-,26+,30+,31-/m1/s1. The third-order valence-corrected chi connectivity index (χ3v) is 9.11. The average Bonchev–Trinajstić information content (AvgIpc) is 3.25. The lowest BCUT2D eigenvalue weighted by Crippen LogP contribution is -2.59. The van der Waals surface area contributed by atoms with E-state index in [0.717, 1.165) is 32.1 Å². The van der Waals surface area contributed by atoms with E-state index in [1.165, 1.54) is 0 Å². The number of carboxylic acid groups (broad SMARTS) is 1. The summed E-state index contributed by atoms with van der Waals surface area (Å²) in [4.78, 5) is 65.1. The highest BCUT2D eigenvalue weighted by atomic mass is 16.7. The van der Waals surface area contributed by atoms with Crippen LogP contribution >= 0.6 is 0 Å². The van der Waals surface area contributed by atoms with Gasteiger partial charge < -0.3 is 19.3 Å². The predicted octanol–water partition coefficient (Wildman–Crippen LogP) is 4.51. The molecule has 0 aromatic heterocycles. The Hall–Kier alpha value is -3.33. The van der Waals surface area contributed by atoms with Gasteiger partial charge in [0.05, 0.1) is 23.5 Å². The SMILES string of the molecule is C/C=C/CCCCC[C@@H]1C=C2[C@@]3(CC(=O)O)CC4=C(C(=O)OC4=O)[C@@H]4[C@H]1C[C@H](C(=O)CC/C=C/C)O[C@@]24OC3=O. The van der Waals surface area contributed by atoms with Crippen LogP contribution in [0.2, 0.25) is 0 Å². The maximum atomic E-state index is 13.7. The fourth-order valence-corrected chi connectivity index (χ4v) is 7.40. The molecule has 3 aliphatic heterocycles. The number of ether oxygens (including phenoxy) is 3. The van der Waals surface area contributed by atoms with E-state index < -0.39 is 53.5 Å². The number of Topliss-reactive ketones (excluding diaryl/α,β-unsaturated/α-hetero) is 1. The Kier molecular flexibility index (Phi) is 7.70. The molecule has 0 radical (unpaired) electrons. The minimum absolute atomic E-state index is 0.0270. The van der Waals surface area contributed by atoms with E-state index in [2.05, 4.69) is 6.08 Å². The van der Waals surface area contributed by atoms with Crippen molar-refractivity contribution in [3.05, 3.63) is 47.1 Å². The van der Waals surface area contributed by atoms with Crippen molar-refractivity contribution in [2.45, 2.75) is 89.9 Å². The number of unbranched alkanes of at least 4 members (excludes halogenated alkanes) is 3. The maximum Gasteiger partial charge on any atom is 0.343 e. The molecule has 6 atom stereocenters. The minimum Gasteiger partial charge on any atom is -0.481 e. The quantitative estimate of drug-likeness (QED) is 0.161. The van der Waals surface area contributed by atoms with Crippen LogP contribution in [0.3, 0.4) is 0 Å². The molecule has 40 heavy (non-hydrogen) atoms. The van der Waals surface area contributed by atoms with Crippen LogP contribution in [0.25, 0.3) is 0 Å². The number of esters is 3. The number of hydrogen-bond donors (Lipinski definition) is 1. The zero-order chi connectivity index (χ0) is 28.7. The number of hydrogen-bond acceptors (Lipinski definition) is 8. The van der Waals surface area contributed by atoms with Crippen molar-refractivity contribution in [2.75, 3.05) is 0 Å². The molecular weight excluding hydrogens is 516 g/mol. The zero-order valence-electron chi connectivity index (χ0n) is 23.0. The summed E-state index contributed by atoms with van der Waals surface area (Å²) in [6.45, 7) is 3.86. The Morgan fingerprint density at radius 3 is 2.52 bits per heavy atom. The number of allylic oxidation sites excluding steroid dienone is 5. The van der Waals surface area contributed by atoms with E-state index in [1.807, 2.05) is 38.2 Å². The summed E-state index contributed by atoms with van der Waals surface area (Å²) in [5, 5.41) is 9.90. The van der Waals surface area contributed by atoms with Crippen molar-refractivity contribution in [1.29, 1.82) is 0 Å². The highest BCUT2D eigenvalue weighted by Crippen LogP contribution is 2.67. The first-order valence-corrected chi connectivity index (χ1v) is 14.3. The molecule has 0 amide bonds. The lowest BCUT2D eigenvalue weighted by molar-refractivity contribution is -0.268. The number of rotatable bonds is 12. The van der Waals surface area contributed by atoms with E-state index in [1.54, 1.807) is 0 Å². The fourth-order valence-electron chi connectivity index (χ4n) is 7.40. The van der Waals surface area contributed by atoms with Gasteiger partial charge in [0.25, 0.3) is 0 Å². The van der Waals surface area contributed by atoms with Gasteiger partial charge in [0.1, 0.15) is 11.5 Å². The molecule has 2 saturated heterocycles. The molecule has 0 aromatic carbocycles. The Labute approximate surface area is 233 Å². The summed E-state index contributed by atoms with van der Waals surface area (Å²) in [6, 6.07) is 0. The Balaban J connectivity index is 1.60. The predicted molar refractivity (Wildman–Crippen MR) is 141 cm³/mol. The van der Waals surface area contributed by atoms with Crippen molar-refractivity contribution < 1.29 is 43.3 Å². The second kappa shape index (κ2) is 10.9. The highest BCUT2D eigenvalue weighted by Gasteiger charge is 2.75. The lowest BCUT2D eigenvalue weighted by atomic mass is 9.59. The van der Waals surface area contributed by atoms with Crippen LogP contribution in [0.4, 0.5) is 0 Å². The monoisotopic (exact) mass is 552 g/mol. The fraction of sp³-hybridized carbons (Fsp3) is 0.581. The van der Waals surface area contributed by atoms with Crippen LogP contribution in [-0.4, -0.2) is 46.7 Å². The van der Waals surface area contributed by atoms with E-state index in [4.69, 9.17) is 14.2 Å². The smallest absolute Gasteiger partial charge is 0.343 e. The van der Waals surface area contributed by atoms with Crippen LogP contribution in [0.1, 0.15) is 78.1 Å². The van der Waals surface area contributed by atoms with Crippen LogP contribution in [0, 0.1) is 23.2 Å². The zero-order valence-corrected chi connectivity index (χ0v) is 23.0. The molecular formula is C31H36O9. The maximum absolute atomic E-state index is 13.7. The Morgan fingerprint density at radius 2 is 1.80 bits per heavy atom. The van der Waals surface area contributed by atoms with Gasteiger partial charge in [-0.15, -0.1) is 0 Å². The molecule has 5 rings (SSSR count). The van der Waals surface area contributed by atoms with E-state index in [-0.39, 0.29) is 41.6 Å². The number of aliphatic carboxylic acids is 1. The summed E-state index contributed by atoms with van der Waals surface area (Å²) in [5.41, 5.74) is -1.25. The second-order valence-electron chi connectivity index (χ2n) is 11.5. The van der Waals surface area contributed by atoms with Crippen molar-refractivity contribution in [3.63, 3.8) is 0 Å². The molecule has 2 aliphatic carbocycles. The molecule has 5 aliphatic rings. The van der Waals surface area contributed by atoms with Crippen molar-refractivity contribution in [1.82, 2.24) is 0 Å². The first kappa shape index (κ1) is 28.2. The van der Waals surface area contributed by atoms with Gasteiger partial charge in [-0.1, -0.05) is 43.2 Å². The average molecular weight is 553 g/mol. The minimum atomic E-state index is -1.82. The molecule has 0 aromatic rings. The third kappa shape index (κ3) is 4.48. The molecule has 3 heterocycles. The van der Waals surface area contributed by atoms with Crippen LogP contribution in [-0.2, 0) is 38.2 Å². The van der Waals surface area contributed by atoms with Crippen LogP contribution in [0.5, 0.6) is 0 Å². The number of carbonyl (C=O) groups is 5. The number of carboxylic acids is 1. The number of carbonyl (C=O) groups excluding carboxylic acids is 4. The molecule has 9 heteroatoms. The largest absolute Gasteiger partial charge is 0.481 e. The van der Waals surface area contributed by atoms with Gasteiger partial charge in [-0.05, 0) is 57.8 Å². The summed E-state index contributed by atoms with van der Waals surface area (Å²) in [6.07, 6.45) is 13.6. The van der Waals surface area contributed by atoms with Gasteiger partial charge in [-0.25, -0.2) is 9.59 Å². The van der Waals surface area contributed by atoms with Gasteiger partial charge in [-0.2, -0.15) is 0 Å². The Morgan fingerprint density at radius 1 is 1.05 bits per heavy atom. The van der Waals surface area contributed by atoms with E-state index >= 15 is 0 Å². The molecule has 2 fully saturated rings. The number of cyclic esters (lactones) is 2. The lowest BCUT2D eigenvalue weighted by Gasteiger charge is -2.52. The van der Waals surface area contributed by atoms with Gasteiger partial charge in [0, 0.05) is 18.4 Å². The molecule has 5 bridgehead atoms. The topological polar surface area (TPSA) is 133 Å². The van der Waals surface area contributed by atoms with Crippen LogP contribution in [0.15, 0.2) is 47.1 Å². The summed E-state index contributed by atoms with van der Waals surface area (Å²) >= 11 is 0. The second-order valence-corrected chi connectivity index (χ2v) is 11.5. The van der Waals surface area contributed by atoms with E-state index in [0.29, 0.717) is 18.4 Å². The van der Waals surface area contributed by atoms with Crippen LogP contribution < -0.4 is 0 Å². The molecule has 0 saturated carbocycles. The normalized spacial score (nSPS) is 34.1. The first-order valence-electron chi connectivity index (χ1n) is 14.3. The van der Waals surface area contributed by atoms with Crippen molar-refractivity contribution in [2.24, 2.45) is 23.2 Å². The summed E-state index contributed by atoms with van der Waals surface area (Å²) < 4.78 is 17.4. The summed E-state index contributed by atoms with van der Waals surface area (Å²) in [7, 11) is 0. The van der Waals surface area contributed by atoms with Gasteiger partial charge in [0.15, 0.2) is 5.78 Å². The highest BCUT2D eigenvalue weighted by molar-refractivity contribution is 6.14. The summed E-state index contributed by atoms with van der Waals surface area (Å²) in [5.74, 6) is -7.03. The third-order valence-electron chi connectivity index (χ3n) is 9.11. The molecule has 1 spiro atoms. The molecule has 214 valence electrons. The van der Waals surface area contributed by atoms with Gasteiger partial charge in [0.2, 0.25) is 5.79 Å². The van der Waals surface area contributed by atoms with Crippen molar-refractivity contribution in [3.8, 4) is 0 Å². The van der Waals surface area contributed by atoms with E-state index in [9.17, 15) is 29.1 Å². The van der Waals surface area contributed by atoms with Gasteiger partial charge in [-0.3, -0.25) is 14.4 Å².